The summed E-state index contributed by atoms with van der Waals surface area (Å²) in [7, 11) is 0. The minimum atomic E-state index is -0.671. The highest BCUT2D eigenvalue weighted by Crippen LogP contribution is 2.50. The van der Waals surface area contributed by atoms with Gasteiger partial charge in [0.1, 0.15) is 5.82 Å². The number of nitrogens with zero attached hydrogens (tertiary/aromatic N) is 1. The van der Waals surface area contributed by atoms with Gasteiger partial charge in [0.05, 0.1) is 6.61 Å². The number of carbonyl (C=O) groups is 1. The Balaban J connectivity index is 1.57. The lowest BCUT2D eigenvalue weighted by Gasteiger charge is -2.53. The van der Waals surface area contributed by atoms with Gasteiger partial charge in [-0.2, -0.15) is 0 Å². The number of hydrogen-bond donors (Lipinski definition) is 2. The van der Waals surface area contributed by atoms with Crippen LogP contribution < -0.4 is 5.48 Å². The van der Waals surface area contributed by atoms with Gasteiger partial charge < -0.3 is 4.74 Å². The monoisotopic (exact) mass is 320 g/mol. The summed E-state index contributed by atoms with van der Waals surface area (Å²) in [5, 5.41) is 8.71. The van der Waals surface area contributed by atoms with Gasteiger partial charge in [0.2, 0.25) is 0 Å². The lowest BCUT2D eigenvalue weighted by molar-refractivity contribution is -0.0391. The fraction of sp³-hybridized carbons (Fsp3) is 0.588. The second kappa shape index (κ2) is 5.54. The van der Waals surface area contributed by atoms with Crippen molar-refractivity contribution in [3.8, 4) is 0 Å². The third-order valence-electron chi connectivity index (χ3n) is 5.88. The van der Waals surface area contributed by atoms with Crippen LogP contribution >= 0.6 is 0 Å². The molecule has 0 bridgehead atoms. The number of ether oxygens (including phenoxy) is 1. The highest BCUT2D eigenvalue weighted by Gasteiger charge is 2.51. The zero-order valence-electron chi connectivity index (χ0n) is 13.0. The first-order chi connectivity index (χ1) is 11.1. The number of fused-ring (bicyclic) bond motifs is 1. The maximum Gasteiger partial charge on any atom is 0.274 e. The summed E-state index contributed by atoms with van der Waals surface area (Å²) < 4.78 is 20.0. The Morgan fingerprint density at radius 3 is 2.96 bits per heavy atom. The Kier molecular flexibility index (Phi) is 3.63. The summed E-state index contributed by atoms with van der Waals surface area (Å²) in [6, 6.07) is 3.39. The third kappa shape index (κ3) is 2.36. The van der Waals surface area contributed by atoms with E-state index in [1.807, 2.05) is 0 Å². The maximum atomic E-state index is 14.4. The highest BCUT2D eigenvalue weighted by atomic mass is 19.1. The Morgan fingerprint density at radius 1 is 1.43 bits per heavy atom. The van der Waals surface area contributed by atoms with E-state index in [9.17, 15) is 9.18 Å². The molecule has 1 amide bonds. The summed E-state index contributed by atoms with van der Waals surface area (Å²) in [6.45, 7) is 3.14. The van der Waals surface area contributed by atoms with E-state index in [0.29, 0.717) is 18.2 Å². The number of carbonyl (C=O) groups excluding carboxylic acids is 1. The van der Waals surface area contributed by atoms with Gasteiger partial charge in [0.25, 0.3) is 5.91 Å². The summed E-state index contributed by atoms with van der Waals surface area (Å²) in [5.74, 6) is -1.03. The molecule has 4 rings (SSSR count). The minimum absolute atomic E-state index is 0.168. The van der Waals surface area contributed by atoms with Gasteiger partial charge in [-0.25, -0.2) is 9.87 Å². The van der Waals surface area contributed by atoms with Crippen LogP contribution in [0.4, 0.5) is 4.39 Å². The van der Waals surface area contributed by atoms with Gasteiger partial charge >= 0.3 is 0 Å². The predicted octanol–water partition coefficient (Wildman–Crippen LogP) is 1.87. The van der Waals surface area contributed by atoms with Crippen molar-refractivity contribution in [1.82, 2.24) is 10.4 Å². The van der Waals surface area contributed by atoms with E-state index in [-0.39, 0.29) is 16.8 Å². The molecule has 2 fully saturated rings. The van der Waals surface area contributed by atoms with E-state index in [1.165, 1.54) is 12.5 Å². The van der Waals surface area contributed by atoms with Gasteiger partial charge in [0.15, 0.2) is 0 Å². The lowest BCUT2D eigenvalue weighted by Crippen LogP contribution is -2.56. The van der Waals surface area contributed by atoms with Crippen LogP contribution in [0.1, 0.15) is 40.7 Å². The van der Waals surface area contributed by atoms with Gasteiger partial charge in [-0.05, 0) is 43.4 Å². The molecule has 1 aromatic carbocycles. The zero-order chi connectivity index (χ0) is 16.0. The Labute approximate surface area is 134 Å². The normalized spacial score (nSPS) is 30.1. The number of halogens is 1. The van der Waals surface area contributed by atoms with Gasteiger partial charge in [0, 0.05) is 42.3 Å². The average molecular weight is 320 g/mol. The van der Waals surface area contributed by atoms with E-state index in [0.717, 1.165) is 44.6 Å². The molecule has 0 radical (unpaired) electrons. The van der Waals surface area contributed by atoms with Gasteiger partial charge in [-0.15, -0.1) is 0 Å². The Morgan fingerprint density at radius 2 is 2.30 bits per heavy atom. The largest absolute Gasteiger partial charge is 0.381 e. The van der Waals surface area contributed by atoms with Crippen molar-refractivity contribution < 1.29 is 19.1 Å². The lowest BCUT2D eigenvalue weighted by atomic mass is 9.63. The van der Waals surface area contributed by atoms with Crippen LogP contribution in [0.15, 0.2) is 12.1 Å². The second-order valence-corrected chi connectivity index (χ2v) is 6.98. The highest BCUT2D eigenvalue weighted by molar-refractivity contribution is 5.93. The molecule has 6 heteroatoms. The summed E-state index contributed by atoms with van der Waals surface area (Å²) in [5.41, 5.74) is 3.57. The first-order valence-corrected chi connectivity index (χ1v) is 8.20. The molecule has 5 nitrogen and oxygen atoms in total. The molecule has 0 unspecified atom stereocenters. The predicted molar refractivity (Wildman–Crippen MR) is 80.7 cm³/mol. The molecule has 2 atom stereocenters. The molecular weight excluding hydrogens is 299 g/mol. The molecule has 1 spiro atoms. The first-order valence-electron chi connectivity index (χ1n) is 8.20. The van der Waals surface area contributed by atoms with Crippen molar-refractivity contribution in [2.24, 2.45) is 5.41 Å². The summed E-state index contributed by atoms with van der Waals surface area (Å²) in [6.07, 6.45) is 4.20. The van der Waals surface area contributed by atoms with Crippen LogP contribution in [0.2, 0.25) is 0 Å². The van der Waals surface area contributed by atoms with E-state index >= 15 is 0 Å². The first kappa shape index (κ1) is 15.1. The topological polar surface area (TPSA) is 61.8 Å². The molecule has 2 N–H and O–H groups in total. The quantitative estimate of drug-likeness (QED) is 0.645. The summed E-state index contributed by atoms with van der Waals surface area (Å²) >= 11 is 0. The molecule has 124 valence electrons. The third-order valence-corrected chi connectivity index (χ3v) is 5.88. The fourth-order valence-electron chi connectivity index (χ4n) is 4.44. The Hall–Kier alpha value is -1.50. The SMILES string of the molecule is O=C(NO)c1cc(F)c2c(c1)CCN([C@@H]1CC[C@]13CCOC3)C2. The molecular formula is C17H21FN2O3. The van der Waals surface area contributed by atoms with Crippen molar-refractivity contribution in [2.45, 2.75) is 38.3 Å². The molecule has 2 heterocycles. The molecule has 23 heavy (non-hydrogen) atoms. The van der Waals surface area contributed by atoms with Crippen LogP contribution in [-0.4, -0.2) is 41.8 Å². The van der Waals surface area contributed by atoms with Crippen LogP contribution in [-0.2, 0) is 17.7 Å². The molecule has 0 aromatic heterocycles. The average Bonchev–Trinajstić information content (AvgIpc) is 3.05. The van der Waals surface area contributed by atoms with Gasteiger partial charge in [-0.1, -0.05) is 0 Å². The fourth-order valence-corrected chi connectivity index (χ4v) is 4.44. The number of nitrogens with one attached hydrogen (secondary N) is 1. The number of rotatable bonds is 2. The van der Waals surface area contributed by atoms with Gasteiger partial charge in [-0.3, -0.25) is 14.9 Å². The van der Waals surface area contributed by atoms with Crippen LogP contribution in [0.5, 0.6) is 0 Å². The molecule has 1 aromatic rings. The zero-order valence-corrected chi connectivity index (χ0v) is 13.0. The maximum absolute atomic E-state index is 14.4. The summed E-state index contributed by atoms with van der Waals surface area (Å²) in [4.78, 5) is 13.9. The molecule has 3 aliphatic rings. The number of hydroxylamine groups is 1. The molecule has 2 aliphatic heterocycles. The Bertz CT molecular complexity index is 643. The van der Waals surface area contributed by atoms with E-state index < -0.39 is 5.91 Å². The molecule has 1 aliphatic carbocycles. The van der Waals surface area contributed by atoms with E-state index in [4.69, 9.17) is 9.94 Å². The van der Waals surface area contributed by atoms with Crippen LogP contribution in [0.3, 0.4) is 0 Å². The molecule has 1 saturated heterocycles. The van der Waals surface area contributed by atoms with Crippen molar-refractivity contribution in [2.75, 3.05) is 19.8 Å². The van der Waals surface area contributed by atoms with Crippen molar-refractivity contribution >= 4 is 5.91 Å². The van der Waals surface area contributed by atoms with Crippen molar-refractivity contribution in [1.29, 1.82) is 0 Å². The number of amides is 1. The molecule has 1 saturated carbocycles. The standard InChI is InChI=1S/C17H21FN2O3/c18-14-8-12(16(21)19-22)7-11-2-5-20(9-13(11)14)15-1-3-17(15)4-6-23-10-17/h7-8,15,22H,1-6,9-10H2,(H,19,21)/t15-,17-/m1/s1. The second-order valence-electron chi connectivity index (χ2n) is 6.98. The van der Waals surface area contributed by atoms with Crippen LogP contribution in [0, 0.1) is 11.2 Å². The van der Waals surface area contributed by atoms with E-state index in [1.54, 1.807) is 11.5 Å². The smallest absolute Gasteiger partial charge is 0.274 e. The minimum Gasteiger partial charge on any atom is -0.381 e. The van der Waals surface area contributed by atoms with Crippen molar-refractivity contribution in [3.63, 3.8) is 0 Å². The van der Waals surface area contributed by atoms with Crippen LogP contribution in [0.25, 0.3) is 0 Å². The van der Waals surface area contributed by atoms with E-state index in [2.05, 4.69) is 4.90 Å². The number of benzene rings is 1. The van der Waals surface area contributed by atoms with Crippen molar-refractivity contribution in [3.05, 3.63) is 34.6 Å². The number of hydrogen-bond acceptors (Lipinski definition) is 4.